The van der Waals surface area contributed by atoms with Crippen molar-refractivity contribution in [1.29, 1.82) is 0 Å². The topological polar surface area (TPSA) is 62.6 Å². The minimum absolute atomic E-state index is 0.139. The van der Waals surface area contributed by atoms with Gasteiger partial charge in [0.1, 0.15) is 17.3 Å². The third-order valence-corrected chi connectivity index (χ3v) is 5.24. The van der Waals surface area contributed by atoms with Gasteiger partial charge in [0.2, 0.25) is 11.8 Å². The number of nitrogens with zero attached hydrogens (tertiary/aromatic N) is 1. The molecule has 1 aromatic heterocycles. The van der Waals surface area contributed by atoms with Gasteiger partial charge in [-0.1, -0.05) is 24.3 Å². The Kier molecular flexibility index (Phi) is 4.44. The second kappa shape index (κ2) is 6.91. The summed E-state index contributed by atoms with van der Waals surface area (Å²) in [6.45, 7) is 4.90. The molecule has 0 spiro atoms. The van der Waals surface area contributed by atoms with Crippen molar-refractivity contribution in [3.63, 3.8) is 0 Å². The first kappa shape index (κ1) is 17.3. The molecule has 0 saturated carbocycles. The summed E-state index contributed by atoms with van der Waals surface area (Å²) in [4.78, 5) is 27.0. The maximum absolute atomic E-state index is 12.7. The van der Waals surface area contributed by atoms with Gasteiger partial charge in [0, 0.05) is 17.6 Å². The lowest BCUT2D eigenvalue weighted by Crippen LogP contribution is -2.36. The van der Waals surface area contributed by atoms with Crippen LogP contribution in [0.15, 0.2) is 52.9 Å². The highest BCUT2D eigenvalue weighted by molar-refractivity contribution is 6.09. The zero-order valence-corrected chi connectivity index (χ0v) is 15.5. The highest BCUT2D eigenvalue weighted by atomic mass is 16.3. The number of amides is 2. The molecule has 2 amide bonds. The van der Waals surface area contributed by atoms with Crippen LogP contribution in [0.3, 0.4) is 0 Å². The molecule has 1 unspecified atom stereocenters. The van der Waals surface area contributed by atoms with Crippen LogP contribution in [0.4, 0.5) is 5.69 Å². The fraction of sp³-hybridized carbons (Fsp3) is 0.273. The molecule has 0 radical (unpaired) electrons. The smallest absolute Gasteiger partial charge is 0.239 e. The summed E-state index contributed by atoms with van der Waals surface area (Å²) in [5, 5.41) is 3.84. The minimum Gasteiger partial charge on any atom is -0.459 e. The molecule has 1 N–H and O–H groups in total. The molecule has 138 valence electrons. The summed E-state index contributed by atoms with van der Waals surface area (Å²) in [6.07, 6.45) is 0.526. The van der Waals surface area contributed by atoms with Gasteiger partial charge in [-0.15, -0.1) is 0 Å². The van der Waals surface area contributed by atoms with Crippen LogP contribution in [0.2, 0.25) is 0 Å². The number of hydrogen-bond acceptors (Lipinski definition) is 3. The van der Waals surface area contributed by atoms with Crippen molar-refractivity contribution < 1.29 is 14.0 Å². The number of aryl methyl sites for hydroxylation is 2. The van der Waals surface area contributed by atoms with E-state index >= 15 is 0 Å². The Labute approximate surface area is 158 Å². The lowest BCUT2D eigenvalue weighted by molar-refractivity contribution is -0.132. The Morgan fingerprint density at radius 1 is 1.15 bits per heavy atom. The molecule has 0 aliphatic carbocycles. The van der Waals surface area contributed by atoms with Crippen LogP contribution >= 0.6 is 0 Å². The van der Waals surface area contributed by atoms with Crippen molar-refractivity contribution in [2.45, 2.75) is 26.8 Å². The quantitative estimate of drug-likeness (QED) is 0.720. The van der Waals surface area contributed by atoms with Gasteiger partial charge < -0.3 is 14.6 Å². The van der Waals surface area contributed by atoms with Crippen LogP contribution in [0.5, 0.6) is 0 Å². The van der Waals surface area contributed by atoms with E-state index in [1.807, 2.05) is 62.4 Å². The van der Waals surface area contributed by atoms with Gasteiger partial charge in [-0.2, -0.15) is 0 Å². The van der Waals surface area contributed by atoms with E-state index in [-0.39, 0.29) is 18.4 Å². The monoisotopic (exact) mass is 362 g/mol. The second-order valence-corrected chi connectivity index (χ2v) is 7.07. The predicted octanol–water partition coefficient (Wildman–Crippen LogP) is 3.72. The zero-order valence-electron chi connectivity index (χ0n) is 15.5. The third-order valence-electron chi connectivity index (χ3n) is 5.24. The van der Waals surface area contributed by atoms with E-state index in [0.29, 0.717) is 18.7 Å². The molecule has 3 aromatic rings. The number of nitrogens with one attached hydrogen (secondary N) is 1. The Balaban J connectivity index is 1.41. The van der Waals surface area contributed by atoms with E-state index in [4.69, 9.17) is 4.42 Å². The average molecular weight is 362 g/mol. The van der Waals surface area contributed by atoms with Gasteiger partial charge in [0.25, 0.3) is 0 Å². The lowest BCUT2D eigenvalue weighted by atomic mass is 10.1. The van der Waals surface area contributed by atoms with Crippen LogP contribution in [-0.2, 0) is 16.1 Å². The molecule has 1 aliphatic heterocycles. The van der Waals surface area contributed by atoms with E-state index in [1.165, 1.54) is 5.56 Å². The first-order valence-corrected chi connectivity index (χ1v) is 9.17. The van der Waals surface area contributed by atoms with Crippen molar-refractivity contribution in [3.8, 4) is 0 Å². The number of fused-ring (bicyclic) bond motifs is 1. The number of benzene rings is 2. The number of rotatable bonds is 4. The summed E-state index contributed by atoms with van der Waals surface area (Å²) < 4.78 is 5.71. The molecule has 1 fully saturated rings. The minimum atomic E-state index is -0.643. The summed E-state index contributed by atoms with van der Waals surface area (Å²) >= 11 is 0. The van der Waals surface area contributed by atoms with Gasteiger partial charge in [0.05, 0.1) is 6.54 Å². The summed E-state index contributed by atoms with van der Waals surface area (Å²) in [6, 6.07) is 15.6. The molecule has 5 nitrogen and oxygen atoms in total. The fourth-order valence-corrected chi connectivity index (χ4v) is 3.49. The van der Waals surface area contributed by atoms with E-state index in [9.17, 15) is 9.59 Å². The number of carbonyl (C=O) groups excluding carboxylic acids is 2. The molecular weight excluding hydrogens is 340 g/mol. The van der Waals surface area contributed by atoms with Gasteiger partial charge in [0.15, 0.2) is 0 Å². The first-order valence-electron chi connectivity index (χ1n) is 9.17. The summed E-state index contributed by atoms with van der Waals surface area (Å²) in [5.41, 5.74) is 3.97. The number of hydrogen-bond donors (Lipinski definition) is 1. The van der Waals surface area contributed by atoms with Gasteiger partial charge >= 0.3 is 0 Å². The molecule has 2 heterocycles. The van der Waals surface area contributed by atoms with Crippen molar-refractivity contribution in [3.05, 3.63) is 65.4 Å². The summed E-state index contributed by atoms with van der Waals surface area (Å²) in [7, 11) is 0. The Morgan fingerprint density at radius 2 is 1.96 bits per heavy atom. The maximum Gasteiger partial charge on any atom is 0.239 e. The van der Waals surface area contributed by atoms with Gasteiger partial charge in [-0.05, 0) is 55.7 Å². The highest BCUT2D eigenvalue weighted by Crippen LogP contribution is 2.27. The third kappa shape index (κ3) is 3.33. The van der Waals surface area contributed by atoms with Crippen molar-refractivity contribution in [1.82, 2.24) is 5.32 Å². The van der Waals surface area contributed by atoms with E-state index in [2.05, 4.69) is 5.32 Å². The molecule has 2 aromatic carbocycles. The molecule has 27 heavy (non-hydrogen) atoms. The molecule has 0 bridgehead atoms. The first-order chi connectivity index (χ1) is 13.0. The van der Waals surface area contributed by atoms with Crippen LogP contribution in [0, 0.1) is 19.8 Å². The van der Waals surface area contributed by atoms with E-state index in [1.54, 1.807) is 4.90 Å². The van der Waals surface area contributed by atoms with Crippen LogP contribution in [-0.4, -0.2) is 18.4 Å². The molecule has 1 aliphatic rings. The predicted molar refractivity (Wildman–Crippen MR) is 104 cm³/mol. The van der Waals surface area contributed by atoms with Crippen molar-refractivity contribution in [2.75, 3.05) is 11.4 Å². The standard InChI is InChI=1S/C22H22N2O3/c1-14-7-8-17(11-15(14)2)24-10-9-19(22(24)26)21(25)23-13-18-12-16-5-3-4-6-20(16)27-18/h3-8,11-12,19H,9-10,13H2,1-2H3,(H,23,25). The largest absolute Gasteiger partial charge is 0.459 e. The van der Waals surface area contributed by atoms with Crippen molar-refractivity contribution >= 4 is 28.5 Å². The number of furan rings is 1. The van der Waals surface area contributed by atoms with E-state index < -0.39 is 5.92 Å². The normalized spacial score (nSPS) is 16.9. The number of anilines is 1. The molecule has 1 saturated heterocycles. The second-order valence-electron chi connectivity index (χ2n) is 7.07. The Hall–Kier alpha value is -3.08. The van der Waals surface area contributed by atoms with Crippen molar-refractivity contribution in [2.24, 2.45) is 5.92 Å². The summed E-state index contributed by atoms with van der Waals surface area (Å²) in [5.74, 6) is -0.343. The zero-order chi connectivity index (χ0) is 19.0. The Morgan fingerprint density at radius 3 is 2.74 bits per heavy atom. The maximum atomic E-state index is 12.7. The SMILES string of the molecule is Cc1ccc(N2CCC(C(=O)NCc3cc4ccccc4o3)C2=O)cc1C. The molecule has 1 atom stereocenters. The van der Waals surface area contributed by atoms with Crippen LogP contribution in [0.25, 0.3) is 11.0 Å². The van der Waals surface area contributed by atoms with Crippen LogP contribution < -0.4 is 10.2 Å². The molecule has 5 heteroatoms. The van der Waals surface area contributed by atoms with Gasteiger partial charge in [-0.25, -0.2) is 0 Å². The van der Waals surface area contributed by atoms with Crippen LogP contribution in [0.1, 0.15) is 23.3 Å². The average Bonchev–Trinajstić information content (AvgIpc) is 3.25. The number of para-hydroxylation sites is 1. The van der Waals surface area contributed by atoms with Gasteiger partial charge in [-0.3, -0.25) is 9.59 Å². The highest BCUT2D eigenvalue weighted by Gasteiger charge is 2.37. The number of carbonyl (C=O) groups is 2. The lowest BCUT2D eigenvalue weighted by Gasteiger charge is -2.18. The Bertz CT molecular complexity index is 988. The fourth-order valence-electron chi connectivity index (χ4n) is 3.49. The molecular formula is C22H22N2O3. The van der Waals surface area contributed by atoms with E-state index in [0.717, 1.165) is 22.2 Å². The molecule has 4 rings (SSSR count).